The molecule has 3 rings (SSSR count). The zero-order valence-electron chi connectivity index (χ0n) is 13.1. The molecule has 1 aliphatic heterocycles. The molecule has 23 heavy (non-hydrogen) atoms. The van der Waals surface area contributed by atoms with Crippen molar-refractivity contribution < 1.29 is 14.6 Å². The highest BCUT2D eigenvalue weighted by atomic mass is 35.5. The van der Waals surface area contributed by atoms with Crippen molar-refractivity contribution in [3.63, 3.8) is 0 Å². The molecule has 0 fully saturated rings. The van der Waals surface area contributed by atoms with Crippen molar-refractivity contribution in [1.29, 1.82) is 0 Å². The zero-order chi connectivity index (χ0) is 16.4. The number of nitrogens with zero attached hydrogens (tertiary/aromatic N) is 2. The van der Waals surface area contributed by atoms with Crippen LogP contribution < -0.4 is 14.8 Å². The molecule has 2 N–H and O–H groups in total. The molecule has 2 atom stereocenters. The largest absolute Gasteiger partial charge is 0.486 e. The average Bonchev–Trinajstić information content (AvgIpc) is 2.98. The first-order valence-corrected chi connectivity index (χ1v) is 7.92. The van der Waals surface area contributed by atoms with Crippen LogP contribution in [-0.2, 0) is 7.05 Å². The molecule has 124 valence electrons. The van der Waals surface area contributed by atoms with Crippen molar-refractivity contribution in [2.75, 3.05) is 19.8 Å². The van der Waals surface area contributed by atoms with Crippen molar-refractivity contribution >= 4 is 11.6 Å². The van der Waals surface area contributed by atoms with Crippen LogP contribution >= 0.6 is 11.6 Å². The molecule has 0 saturated heterocycles. The van der Waals surface area contributed by atoms with E-state index in [9.17, 15) is 5.11 Å². The lowest BCUT2D eigenvalue weighted by Crippen LogP contribution is -2.26. The second-order valence-corrected chi connectivity index (χ2v) is 5.96. The molecule has 0 aliphatic carbocycles. The molecule has 1 aromatic carbocycles. The van der Waals surface area contributed by atoms with Gasteiger partial charge < -0.3 is 19.9 Å². The number of aryl methyl sites for hydroxylation is 1. The lowest BCUT2D eigenvalue weighted by Gasteiger charge is -2.22. The summed E-state index contributed by atoms with van der Waals surface area (Å²) < 4.78 is 12.8. The molecule has 2 aromatic rings. The highest BCUT2D eigenvalue weighted by molar-refractivity contribution is 6.32. The van der Waals surface area contributed by atoms with Crippen LogP contribution in [0.2, 0.25) is 5.02 Å². The molecule has 0 bridgehead atoms. The summed E-state index contributed by atoms with van der Waals surface area (Å²) in [5, 5.41) is 18.3. The summed E-state index contributed by atoms with van der Waals surface area (Å²) in [6, 6.07) is 5.52. The zero-order valence-corrected chi connectivity index (χ0v) is 13.9. The van der Waals surface area contributed by atoms with Crippen molar-refractivity contribution in [2.24, 2.45) is 7.05 Å². The Hall–Kier alpha value is -1.76. The van der Waals surface area contributed by atoms with Gasteiger partial charge in [-0.3, -0.25) is 4.68 Å². The van der Waals surface area contributed by atoms with Crippen molar-refractivity contribution in [3.8, 4) is 11.5 Å². The van der Waals surface area contributed by atoms with Crippen LogP contribution in [0, 0.1) is 0 Å². The number of halogens is 1. The maximum absolute atomic E-state index is 10.4. The van der Waals surface area contributed by atoms with Gasteiger partial charge in [0.2, 0.25) is 0 Å². The molecule has 0 spiro atoms. The van der Waals surface area contributed by atoms with Gasteiger partial charge >= 0.3 is 0 Å². The summed E-state index contributed by atoms with van der Waals surface area (Å²) in [5.74, 6) is 1.13. The quantitative estimate of drug-likeness (QED) is 0.875. The number of aromatic nitrogens is 2. The van der Waals surface area contributed by atoms with Crippen LogP contribution in [0.25, 0.3) is 0 Å². The molecule has 0 amide bonds. The van der Waals surface area contributed by atoms with Crippen molar-refractivity contribution in [2.45, 2.75) is 19.1 Å². The minimum Gasteiger partial charge on any atom is -0.486 e. The smallest absolute Gasteiger partial charge is 0.179 e. The fourth-order valence-electron chi connectivity index (χ4n) is 2.64. The predicted octanol–water partition coefficient (Wildman–Crippen LogP) is 2.23. The van der Waals surface area contributed by atoms with E-state index in [1.54, 1.807) is 18.3 Å². The Morgan fingerprint density at radius 1 is 1.39 bits per heavy atom. The summed E-state index contributed by atoms with van der Waals surface area (Å²) in [6.45, 7) is 3.39. The number of hydrogen-bond acceptors (Lipinski definition) is 5. The summed E-state index contributed by atoms with van der Waals surface area (Å²) in [7, 11) is 1.89. The third kappa shape index (κ3) is 3.44. The van der Waals surface area contributed by atoms with Gasteiger partial charge in [-0.2, -0.15) is 5.10 Å². The first-order chi connectivity index (χ1) is 11.1. The van der Waals surface area contributed by atoms with Gasteiger partial charge in [0, 0.05) is 25.8 Å². The van der Waals surface area contributed by atoms with E-state index in [2.05, 4.69) is 10.4 Å². The first-order valence-electron chi connectivity index (χ1n) is 7.54. The number of rotatable bonds is 5. The molecule has 1 aromatic heterocycles. The second-order valence-electron chi connectivity index (χ2n) is 5.55. The average molecular weight is 338 g/mol. The highest BCUT2D eigenvalue weighted by Crippen LogP contribution is 2.39. The number of ether oxygens (including phenoxy) is 2. The Kier molecular flexibility index (Phi) is 4.75. The fourth-order valence-corrected chi connectivity index (χ4v) is 2.92. The monoisotopic (exact) mass is 337 g/mol. The molecule has 2 heterocycles. The molecule has 7 heteroatoms. The number of hydrogen-bond donors (Lipinski definition) is 2. The normalized spacial score (nSPS) is 16.2. The Bertz CT molecular complexity index is 689. The number of nitrogens with one attached hydrogen (secondary N) is 1. The third-order valence-corrected chi connectivity index (χ3v) is 4.20. The third-order valence-electron chi connectivity index (χ3n) is 3.92. The van der Waals surface area contributed by atoms with Gasteiger partial charge in [-0.25, -0.2) is 0 Å². The van der Waals surface area contributed by atoms with E-state index in [-0.39, 0.29) is 6.04 Å². The number of aliphatic hydroxyl groups is 1. The Morgan fingerprint density at radius 3 is 2.91 bits per heavy atom. The van der Waals surface area contributed by atoms with E-state index < -0.39 is 6.10 Å². The van der Waals surface area contributed by atoms with Crippen molar-refractivity contribution in [1.82, 2.24) is 15.1 Å². The van der Waals surface area contributed by atoms with Gasteiger partial charge in [0.15, 0.2) is 11.5 Å². The number of aliphatic hydroxyl groups excluding tert-OH is 1. The topological polar surface area (TPSA) is 68.5 Å². The Balaban J connectivity index is 1.67. The van der Waals surface area contributed by atoms with Crippen LogP contribution in [0.5, 0.6) is 11.5 Å². The van der Waals surface area contributed by atoms with E-state index in [0.29, 0.717) is 41.8 Å². The first kappa shape index (κ1) is 16.1. The number of benzene rings is 1. The van der Waals surface area contributed by atoms with E-state index in [1.165, 1.54) is 0 Å². The molecular weight excluding hydrogens is 318 g/mol. The summed E-state index contributed by atoms with van der Waals surface area (Å²) in [5.41, 5.74) is 1.75. The van der Waals surface area contributed by atoms with Gasteiger partial charge in [0.25, 0.3) is 0 Å². The van der Waals surface area contributed by atoms with Gasteiger partial charge in [-0.1, -0.05) is 11.6 Å². The Labute approximate surface area is 140 Å². The van der Waals surface area contributed by atoms with Crippen LogP contribution in [0.1, 0.15) is 30.3 Å². The molecule has 0 radical (unpaired) electrons. The van der Waals surface area contributed by atoms with E-state index in [4.69, 9.17) is 21.1 Å². The minimum atomic E-state index is -0.695. The maximum Gasteiger partial charge on any atom is 0.179 e. The van der Waals surface area contributed by atoms with Gasteiger partial charge in [-0.15, -0.1) is 0 Å². The number of fused-ring (bicyclic) bond motifs is 1. The van der Waals surface area contributed by atoms with Gasteiger partial charge in [0.05, 0.1) is 16.8 Å². The highest BCUT2D eigenvalue weighted by Gasteiger charge is 2.20. The molecule has 1 aliphatic rings. The minimum absolute atomic E-state index is 0.0739. The lowest BCUT2D eigenvalue weighted by atomic mass is 10.1. The van der Waals surface area contributed by atoms with E-state index in [1.807, 2.05) is 24.7 Å². The van der Waals surface area contributed by atoms with Crippen LogP contribution in [0.4, 0.5) is 0 Å². The van der Waals surface area contributed by atoms with Gasteiger partial charge in [0.1, 0.15) is 13.2 Å². The molecule has 0 unspecified atom stereocenters. The summed E-state index contributed by atoms with van der Waals surface area (Å²) in [6.07, 6.45) is 1.06. The van der Waals surface area contributed by atoms with Crippen LogP contribution in [0.3, 0.4) is 0 Å². The van der Waals surface area contributed by atoms with Gasteiger partial charge in [-0.05, 0) is 30.7 Å². The van der Waals surface area contributed by atoms with E-state index in [0.717, 1.165) is 5.69 Å². The van der Waals surface area contributed by atoms with Crippen molar-refractivity contribution in [3.05, 3.63) is 40.7 Å². The fraction of sp³-hybridized carbons (Fsp3) is 0.438. The van der Waals surface area contributed by atoms with Crippen LogP contribution in [-0.4, -0.2) is 34.6 Å². The van der Waals surface area contributed by atoms with E-state index >= 15 is 0 Å². The molecular formula is C16H20ClN3O3. The summed E-state index contributed by atoms with van der Waals surface area (Å²) >= 11 is 6.21. The van der Waals surface area contributed by atoms with Crippen LogP contribution in [0.15, 0.2) is 24.4 Å². The maximum atomic E-state index is 10.4. The standard InChI is InChI=1S/C16H20ClN3O3/c1-10(13-3-4-19-20(13)2)18-9-14(21)11-7-12(17)16-15(8-11)22-5-6-23-16/h3-4,7-8,10,14,18,21H,5-6,9H2,1-2H3/t10-,14-/m1/s1. The Morgan fingerprint density at radius 2 is 2.17 bits per heavy atom. The molecule has 6 nitrogen and oxygen atoms in total. The lowest BCUT2D eigenvalue weighted by molar-refractivity contribution is 0.161. The molecule has 0 saturated carbocycles. The SMILES string of the molecule is C[C@@H](NC[C@@H](O)c1cc(Cl)c2c(c1)OCCO2)c1ccnn1C. The predicted molar refractivity (Wildman–Crippen MR) is 87.0 cm³/mol. The summed E-state index contributed by atoms with van der Waals surface area (Å²) in [4.78, 5) is 0. The second kappa shape index (κ2) is 6.78.